The molecule has 0 bridgehead atoms. The lowest BCUT2D eigenvalue weighted by atomic mass is 10.1. The van der Waals surface area contributed by atoms with Gasteiger partial charge in [0.2, 0.25) is 0 Å². The highest BCUT2D eigenvalue weighted by Gasteiger charge is 2.51. The van der Waals surface area contributed by atoms with E-state index in [1.165, 1.54) is 17.0 Å². The number of thioether (sulfide) groups is 1. The number of benzene rings is 2. The highest BCUT2D eigenvalue weighted by atomic mass is 32.2. The van der Waals surface area contributed by atoms with Gasteiger partial charge in [-0.1, -0.05) is 54.3 Å². The van der Waals surface area contributed by atoms with Crippen LogP contribution in [0.3, 0.4) is 0 Å². The topological polar surface area (TPSA) is 87.0 Å². The molecule has 0 aliphatic carbocycles. The van der Waals surface area contributed by atoms with Gasteiger partial charge < -0.3 is 0 Å². The number of carbonyl (C=O) groups excluding carboxylic acids is 2. The molecule has 0 saturated carbocycles. The number of nitrogens with zero attached hydrogens (tertiary/aromatic N) is 4. The second-order valence-corrected chi connectivity index (χ2v) is 8.82. The number of rotatable bonds is 4. The van der Waals surface area contributed by atoms with E-state index in [0.29, 0.717) is 16.2 Å². The molecule has 31 heavy (non-hydrogen) atoms. The third-order valence-electron chi connectivity index (χ3n) is 5.30. The van der Waals surface area contributed by atoms with Crippen LogP contribution in [0, 0.1) is 10.1 Å². The van der Waals surface area contributed by atoms with Crippen molar-refractivity contribution in [2.45, 2.75) is 19.0 Å². The Morgan fingerprint density at radius 2 is 1.84 bits per heavy atom. The molecule has 2 amide bonds. The largest absolute Gasteiger partial charge is 0.278 e. The first-order valence-corrected chi connectivity index (χ1v) is 10.7. The van der Waals surface area contributed by atoms with Gasteiger partial charge >= 0.3 is 0 Å². The minimum Gasteiger partial charge on any atom is -0.278 e. The zero-order valence-electron chi connectivity index (χ0n) is 16.7. The maximum Gasteiger partial charge on any atom is 0.270 e. The van der Waals surface area contributed by atoms with E-state index in [1.807, 2.05) is 37.3 Å². The molecule has 8 nitrogen and oxygen atoms in total. The molecule has 0 aromatic heterocycles. The summed E-state index contributed by atoms with van der Waals surface area (Å²) in [6, 6.07) is 14.1. The Hall–Kier alpha value is -3.08. The van der Waals surface area contributed by atoms with Gasteiger partial charge in [0.1, 0.15) is 10.4 Å². The summed E-state index contributed by atoms with van der Waals surface area (Å²) in [4.78, 5) is 38.7. The minimum atomic E-state index is -0.770. The summed E-state index contributed by atoms with van der Waals surface area (Å²) in [5.74, 6) is -0.621. The zero-order chi connectivity index (χ0) is 22.3. The summed E-state index contributed by atoms with van der Waals surface area (Å²) in [5.41, 5.74) is 1.16. The van der Waals surface area contributed by atoms with Crippen molar-refractivity contribution in [3.63, 3.8) is 0 Å². The number of para-hydroxylation sites is 1. The van der Waals surface area contributed by atoms with E-state index in [0.717, 1.165) is 11.8 Å². The van der Waals surface area contributed by atoms with Gasteiger partial charge in [-0.3, -0.25) is 24.6 Å². The van der Waals surface area contributed by atoms with Crippen molar-refractivity contribution in [2.75, 3.05) is 12.1 Å². The van der Waals surface area contributed by atoms with E-state index < -0.39 is 11.0 Å². The van der Waals surface area contributed by atoms with Gasteiger partial charge in [0, 0.05) is 19.2 Å². The Balaban J connectivity index is 1.64. The first kappa shape index (κ1) is 21.2. The average Bonchev–Trinajstić information content (AvgIpc) is 3.14. The number of thiocarbonyl (C=S) groups is 1. The van der Waals surface area contributed by atoms with Crippen molar-refractivity contribution in [1.29, 1.82) is 0 Å². The molecule has 158 valence electrons. The Kier molecular flexibility index (Phi) is 5.61. The van der Waals surface area contributed by atoms with Crippen LogP contribution in [0.5, 0.6) is 0 Å². The molecular weight excluding hydrogens is 436 g/mol. The normalized spacial score (nSPS) is 23.3. The maximum atomic E-state index is 13.3. The van der Waals surface area contributed by atoms with E-state index >= 15 is 0 Å². The molecule has 2 saturated heterocycles. The van der Waals surface area contributed by atoms with Gasteiger partial charge in [-0.25, -0.2) is 10.0 Å². The Bertz CT molecular complexity index is 1120. The quantitative estimate of drug-likeness (QED) is 0.303. The van der Waals surface area contributed by atoms with E-state index in [9.17, 15) is 19.7 Å². The van der Waals surface area contributed by atoms with Gasteiger partial charge in [-0.2, -0.15) is 0 Å². The molecule has 2 aromatic rings. The van der Waals surface area contributed by atoms with Crippen molar-refractivity contribution in [2.24, 2.45) is 0 Å². The van der Waals surface area contributed by atoms with E-state index in [2.05, 4.69) is 0 Å². The Labute approximate surface area is 188 Å². The summed E-state index contributed by atoms with van der Waals surface area (Å²) in [6.45, 7) is 1.87. The zero-order valence-corrected chi connectivity index (χ0v) is 18.3. The number of anilines is 1. The van der Waals surface area contributed by atoms with Gasteiger partial charge in [0.15, 0.2) is 0 Å². The first-order valence-electron chi connectivity index (χ1n) is 9.43. The van der Waals surface area contributed by atoms with Crippen molar-refractivity contribution < 1.29 is 14.5 Å². The Morgan fingerprint density at radius 1 is 1.13 bits per heavy atom. The third-order valence-corrected chi connectivity index (χ3v) is 6.64. The summed E-state index contributed by atoms with van der Waals surface area (Å²) in [5, 5.41) is 14.4. The highest BCUT2D eigenvalue weighted by molar-refractivity contribution is 8.26. The predicted molar refractivity (Wildman–Crippen MR) is 123 cm³/mol. The number of non-ortho nitro benzene ring substituents is 1. The lowest BCUT2D eigenvalue weighted by molar-refractivity contribution is -0.384. The molecule has 4 rings (SSSR count). The fourth-order valence-corrected chi connectivity index (χ4v) is 5.01. The van der Waals surface area contributed by atoms with Crippen LogP contribution < -0.4 is 5.01 Å². The summed E-state index contributed by atoms with van der Waals surface area (Å²) < 4.78 is 0.287. The smallest absolute Gasteiger partial charge is 0.270 e. The van der Waals surface area contributed by atoms with Gasteiger partial charge in [-0.15, -0.1) is 0 Å². The van der Waals surface area contributed by atoms with Crippen LogP contribution in [0.4, 0.5) is 11.4 Å². The summed E-state index contributed by atoms with van der Waals surface area (Å²) in [7, 11) is 1.80. The lowest BCUT2D eigenvalue weighted by Crippen LogP contribution is -2.48. The number of carbonyl (C=O) groups is 2. The second-order valence-electron chi connectivity index (χ2n) is 7.15. The van der Waals surface area contributed by atoms with Gasteiger partial charge in [-0.05, 0) is 30.7 Å². The number of amides is 2. The van der Waals surface area contributed by atoms with E-state index in [4.69, 9.17) is 12.2 Å². The van der Waals surface area contributed by atoms with Gasteiger partial charge in [0.25, 0.3) is 17.5 Å². The van der Waals surface area contributed by atoms with Crippen LogP contribution >= 0.6 is 24.0 Å². The van der Waals surface area contributed by atoms with Crippen LogP contribution in [-0.4, -0.2) is 50.1 Å². The Morgan fingerprint density at radius 3 is 2.52 bits per heavy atom. The number of hydrazine groups is 1. The molecule has 2 aliphatic heterocycles. The van der Waals surface area contributed by atoms with Crippen molar-refractivity contribution in [3.05, 3.63) is 75.2 Å². The number of nitro groups is 1. The van der Waals surface area contributed by atoms with Crippen LogP contribution in [0.25, 0.3) is 6.08 Å². The molecular formula is C21H18N4O4S2. The molecule has 2 heterocycles. The molecule has 0 spiro atoms. The first-order chi connectivity index (χ1) is 14.8. The summed E-state index contributed by atoms with van der Waals surface area (Å²) >= 11 is 6.53. The molecule has 0 N–H and O–H groups in total. The van der Waals surface area contributed by atoms with Crippen LogP contribution in [0.1, 0.15) is 12.5 Å². The lowest BCUT2D eigenvalue weighted by Gasteiger charge is -2.26. The number of nitro benzene ring substituents is 1. The van der Waals surface area contributed by atoms with Crippen molar-refractivity contribution in [3.8, 4) is 0 Å². The molecule has 2 aromatic carbocycles. The fourth-order valence-electron chi connectivity index (χ4n) is 3.68. The number of hydrogen-bond donors (Lipinski definition) is 0. The van der Waals surface area contributed by atoms with Crippen LogP contribution in [0.2, 0.25) is 0 Å². The fraction of sp³-hybridized carbons (Fsp3) is 0.190. The van der Waals surface area contributed by atoms with Crippen molar-refractivity contribution in [1.82, 2.24) is 9.91 Å². The third kappa shape index (κ3) is 3.73. The standard InChI is InChI=1S/C21H18N4O4S2/c1-13-18(20(27)24(22(13)2)15-8-4-3-5-9-15)23-19(26)17(31-21(23)30)12-14-7-6-10-16(11-14)25(28)29/h3-13,18H,1-2H3. The number of likely N-dealkylation sites (N-methyl/N-ethyl adjacent to an activating group) is 1. The molecule has 2 unspecified atom stereocenters. The summed E-state index contributed by atoms with van der Waals surface area (Å²) in [6.07, 6.45) is 1.56. The van der Waals surface area contributed by atoms with E-state index in [1.54, 1.807) is 35.3 Å². The molecule has 2 atom stereocenters. The monoisotopic (exact) mass is 454 g/mol. The number of hydrogen-bond acceptors (Lipinski definition) is 7. The van der Waals surface area contributed by atoms with Crippen LogP contribution in [-0.2, 0) is 9.59 Å². The average molecular weight is 455 g/mol. The highest BCUT2D eigenvalue weighted by Crippen LogP contribution is 2.38. The van der Waals surface area contributed by atoms with Gasteiger partial charge in [0.05, 0.1) is 21.6 Å². The predicted octanol–water partition coefficient (Wildman–Crippen LogP) is 3.45. The van der Waals surface area contributed by atoms with Crippen molar-refractivity contribution >= 4 is 57.6 Å². The van der Waals surface area contributed by atoms with E-state index in [-0.39, 0.29) is 27.9 Å². The molecule has 10 heteroatoms. The second kappa shape index (κ2) is 8.22. The molecule has 0 radical (unpaired) electrons. The minimum absolute atomic E-state index is 0.0658. The van der Waals surface area contributed by atoms with Crippen LogP contribution in [0.15, 0.2) is 59.5 Å². The maximum absolute atomic E-state index is 13.3. The molecule has 2 aliphatic rings. The molecule has 2 fully saturated rings. The SMILES string of the molecule is CC1C(N2C(=O)C(=Cc3cccc([N+](=O)[O-])c3)SC2=S)C(=O)N(c2ccccc2)N1C.